The third-order valence-electron chi connectivity index (χ3n) is 6.11. The first-order valence-electron chi connectivity index (χ1n) is 11.2. The number of aryl methyl sites for hydroxylation is 2. The monoisotopic (exact) mass is 425 g/mol. The zero-order chi connectivity index (χ0) is 22.4. The minimum Gasteiger partial charge on any atom is -0.310 e. The van der Waals surface area contributed by atoms with Crippen LogP contribution >= 0.6 is 0 Å². The number of para-hydroxylation sites is 2. The fourth-order valence-corrected chi connectivity index (χ4v) is 4.38. The lowest BCUT2D eigenvalue weighted by Crippen LogP contribution is -2.10. The fourth-order valence-electron chi connectivity index (χ4n) is 4.38. The summed E-state index contributed by atoms with van der Waals surface area (Å²) in [4.78, 5) is 12.0. The third-order valence-corrected chi connectivity index (χ3v) is 6.11. The van der Waals surface area contributed by atoms with E-state index in [2.05, 4.69) is 97.6 Å². The number of hydrogen-bond donors (Lipinski definition) is 0. The number of rotatable bonds is 3. The van der Waals surface area contributed by atoms with E-state index in [1.165, 1.54) is 21.9 Å². The van der Waals surface area contributed by atoms with E-state index in [9.17, 15) is 0 Å². The molecule has 158 valence electrons. The second-order valence-corrected chi connectivity index (χ2v) is 8.59. The van der Waals surface area contributed by atoms with Gasteiger partial charge in [-0.25, -0.2) is 9.97 Å². The quantitative estimate of drug-likeness (QED) is 0.269. The topological polar surface area (TPSA) is 29.0 Å². The van der Waals surface area contributed by atoms with E-state index in [-0.39, 0.29) is 0 Å². The van der Waals surface area contributed by atoms with Crippen molar-refractivity contribution in [3.05, 3.63) is 114 Å². The molecule has 0 fully saturated rings. The van der Waals surface area contributed by atoms with Crippen molar-refractivity contribution in [2.45, 2.75) is 13.8 Å². The predicted octanol–water partition coefficient (Wildman–Crippen LogP) is 8.02. The Morgan fingerprint density at radius 2 is 1.00 bits per heavy atom. The maximum Gasteiger partial charge on any atom is 0.0915 e. The number of nitrogens with zero attached hydrogens (tertiary/aromatic N) is 3. The van der Waals surface area contributed by atoms with Crippen molar-refractivity contribution in [1.29, 1.82) is 0 Å². The average Bonchev–Trinajstić information content (AvgIpc) is 2.84. The van der Waals surface area contributed by atoms with Crippen LogP contribution in [0.3, 0.4) is 0 Å². The first-order valence-corrected chi connectivity index (χ1v) is 11.2. The highest BCUT2D eigenvalue weighted by Gasteiger charge is 2.14. The first-order chi connectivity index (χ1) is 16.1. The Labute approximate surface area is 193 Å². The lowest BCUT2D eigenvalue weighted by molar-refractivity contribution is 1.28. The van der Waals surface area contributed by atoms with Crippen LogP contribution in [0.5, 0.6) is 0 Å². The molecule has 3 heteroatoms. The van der Waals surface area contributed by atoms with Gasteiger partial charge in [0.05, 0.1) is 22.1 Å². The largest absolute Gasteiger partial charge is 0.310 e. The van der Waals surface area contributed by atoms with Gasteiger partial charge < -0.3 is 4.90 Å². The molecular weight excluding hydrogens is 402 g/mol. The Morgan fingerprint density at radius 1 is 0.455 bits per heavy atom. The van der Waals surface area contributed by atoms with E-state index in [0.29, 0.717) is 0 Å². The zero-order valence-electron chi connectivity index (χ0n) is 18.7. The molecule has 0 aliphatic heterocycles. The smallest absolute Gasteiger partial charge is 0.0915 e. The van der Waals surface area contributed by atoms with Crippen molar-refractivity contribution in [1.82, 2.24) is 9.97 Å². The summed E-state index contributed by atoms with van der Waals surface area (Å²) >= 11 is 0. The van der Waals surface area contributed by atoms with Crippen molar-refractivity contribution in [3.63, 3.8) is 0 Å². The number of benzene rings is 5. The summed E-state index contributed by atoms with van der Waals surface area (Å²) in [5.74, 6) is 0. The van der Waals surface area contributed by atoms with E-state index in [1.807, 2.05) is 24.3 Å². The number of anilines is 3. The van der Waals surface area contributed by atoms with Gasteiger partial charge in [0.15, 0.2) is 0 Å². The molecule has 0 saturated carbocycles. The van der Waals surface area contributed by atoms with Gasteiger partial charge in [-0.2, -0.15) is 0 Å². The Kier molecular flexibility index (Phi) is 4.55. The summed E-state index contributed by atoms with van der Waals surface area (Å²) in [6.45, 7) is 4.25. The van der Waals surface area contributed by atoms with Crippen molar-refractivity contribution in [2.24, 2.45) is 0 Å². The summed E-state index contributed by atoms with van der Waals surface area (Å²) < 4.78 is 0. The molecule has 0 N–H and O–H groups in total. The summed E-state index contributed by atoms with van der Waals surface area (Å²) in [7, 11) is 0. The van der Waals surface area contributed by atoms with Crippen LogP contribution in [0.15, 0.2) is 103 Å². The molecule has 1 aromatic heterocycles. The van der Waals surface area contributed by atoms with Gasteiger partial charge in [-0.3, -0.25) is 0 Å². The maximum atomic E-state index is 4.89. The molecule has 0 aliphatic rings. The van der Waals surface area contributed by atoms with Crippen LogP contribution in [0.1, 0.15) is 11.1 Å². The summed E-state index contributed by atoms with van der Waals surface area (Å²) in [5.41, 5.74) is 9.40. The van der Waals surface area contributed by atoms with Crippen molar-refractivity contribution >= 4 is 49.9 Å². The molecule has 33 heavy (non-hydrogen) atoms. The molecule has 0 spiro atoms. The molecule has 0 bridgehead atoms. The summed E-state index contributed by atoms with van der Waals surface area (Å²) in [6.07, 6.45) is 0. The van der Waals surface area contributed by atoms with Gasteiger partial charge in [0.25, 0.3) is 0 Å². The molecule has 3 nitrogen and oxygen atoms in total. The van der Waals surface area contributed by atoms with Crippen LogP contribution in [-0.4, -0.2) is 9.97 Å². The normalized spacial score (nSPS) is 11.3. The molecule has 0 atom stereocenters. The second-order valence-electron chi connectivity index (χ2n) is 8.59. The second kappa shape index (κ2) is 7.72. The Bertz CT molecular complexity index is 1630. The first kappa shape index (κ1) is 19.4. The molecular formula is C30H23N3. The minimum absolute atomic E-state index is 0.889. The molecule has 6 rings (SSSR count). The Balaban J connectivity index is 1.55. The van der Waals surface area contributed by atoms with Gasteiger partial charge in [-0.1, -0.05) is 59.7 Å². The van der Waals surface area contributed by atoms with Gasteiger partial charge >= 0.3 is 0 Å². The van der Waals surface area contributed by atoms with E-state index in [0.717, 1.165) is 39.1 Å². The van der Waals surface area contributed by atoms with Crippen molar-refractivity contribution < 1.29 is 0 Å². The van der Waals surface area contributed by atoms with E-state index in [1.54, 1.807) is 0 Å². The number of hydrogen-bond acceptors (Lipinski definition) is 3. The minimum atomic E-state index is 0.889. The lowest BCUT2D eigenvalue weighted by atomic mass is 10.1. The van der Waals surface area contributed by atoms with Gasteiger partial charge in [0, 0.05) is 17.1 Å². The highest BCUT2D eigenvalue weighted by molar-refractivity contribution is 5.92. The highest BCUT2D eigenvalue weighted by atomic mass is 15.1. The Hall–Kier alpha value is -4.24. The maximum absolute atomic E-state index is 4.89. The standard InChI is InChI=1S/C30H23N3/c1-20-8-12-24(13-9-20)33(25-14-11-22-17-21(2)7-10-23(22)18-25)26-15-16-29-30(19-26)32-28-6-4-3-5-27(28)31-29/h3-19H,1-2H3. The van der Waals surface area contributed by atoms with E-state index < -0.39 is 0 Å². The van der Waals surface area contributed by atoms with Crippen molar-refractivity contribution in [3.8, 4) is 0 Å². The van der Waals surface area contributed by atoms with Crippen LogP contribution in [0.25, 0.3) is 32.8 Å². The SMILES string of the molecule is Cc1ccc(N(c2ccc3cc(C)ccc3c2)c2ccc3nc4ccccc4nc3c2)cc1. The number of fused-ring (bicyclic) bond motifs is 3. The third kappa shape index (κ3) is 3.58. The molecule has 5 aromatic carbocycles. The molecule has 1 heterocycles. The molecule has 6 aromatic rings. The average molecular weight is 426 g/mol. The number of aromatic nitrogens is 2. The van der Waals surface area contributed by atoms with Crippen LogP contribution in [0.2, 0.25) is 0 Å². The van der Waals surface area contributed by atoms with E-state index in [4.69, 9.17) is 9.97 Å². The molecule has 0 saturated heterocycles. The van der Waals surface area contributed by atoms with Crippen molar-refractivity contribution in [2.75, 3.05) is 4.90 Å². The van der Waals surface area contributed by atoms with Gasteiger partial charge in [0.1, 0.15) is 0 Å². The molecule has 0 unspecified atom stereocenters. The predicted molar refractivity (Wildman–Crippen MR) is 139 cm³/mol. The summed E-state index contributed by atoms with van der Waals surface area (Å²) in [5, 5.41) is 2.47. The fraction of sp³-hybridized carbons (Fsp3) is 0.0667. The van der Waals surface area contributed by atoms with E-state index >= 15 is 0 Å². The Morgan fingerprint density at radius 3 is 1.79 bits per heavy atom. The molecule has 0 radical (unpaired) electrons. The highest BCUT2D eigenvalue weighted by Crippen LogP contribution is 2.37. The van der Waals surface area contributed by atoms with Gasteiger partial charge in [0.2, 0.25) is 0 Å². The van der Waals surface area contributed by atoms with Crippen LogP contribution < -0.4 is 4.90 Å². The molecule has 0 aliphatic carbocycles. The lowest BCUT2D eigenvalue weighted by Gasteiger charge is -2.26. The van der Waals surface area contributed by atoms with Crippen LogP contribution in [-0.2, 0) is 0 Å². The zero-order valence-corrected chi connectivity index (χ0v) is 18.7. The van der Waals surface area contributed by atoms with Gasteiger partial charge in [-0.15, -0.1) is 0 Å². The van der Waals surface area contributed by atoms with Crippen LogP contribution in [0.4, 0.5) is 17.1 Å². The molecule has 0 amide bonds. The summed E-state index contributed by atoms with van der Waals surface area (Å²) in [6, 6.07) is 36.2. The van der Waals surface area contributed by atoms with Gasteiger partial charge in [-0.05, 0) is 79.2 Å². The van der Waals surface area contributed by atoms with Crippen LogP contribution in [0, 0.1) is 13.8 Å².